The molecule has 0 spiro atoms. The number of amides is 1. The summed E-state index contributed by atoms with van der Waals surface area (Å²) in [6.07, 6.45) is 0.00762. The molecule has 7 nitrogen and oxygen atoms in total. The van der Waals surface area contributed by atoms with Crippen molar-refractivity contribution >= 4 is 35.9 Å². The van der Waals surface area contributed by atoms with Crippen LogP contribution < -0.4 is 9.25 Å². The topological polar surface area (TPSA) is 115 Å². The summed E-state index contributed by atoms with van der Waals surface area (Å²) in [5.74, 6) is -1.12. The molecule has 0 saturated carbocycles. The Morgan fingerprint density at radius 3 is 2.08 bits per heavy atom. The van der Waals surface area contributed by atoms with E-state index in [9.17, 15) is 26.6 Å². The average Bonchev–Trinajstić information content (AvgIpc) is 2.83. The number of Topliss-reactive ketones (excluding diaryl/α,β-unsaturated/α-hetero) is 1. The van der Waals surface area contributed by atoms with Crippen molar-refractivity contribution in [2.75, 3.05) is 4.90 Å². The van der Waals surface area contributed by atoms with Gasteiger partial charge in [-0.3, -0.25) is 0 Å². The molecule has 1 amide bonds. The van der Waals surface area contributed by atoms with Gasteiger partial charge in [0.2, 0.25) is 0 Å². The molecule has 1 saturated heterocycles. The fourth-order valence-corrected chi connectivity index (χ4v) is 3.83. The number of carbonyl (C=O) groups excluding carboxylic acids is 2. The Bertz CT molecular complexity index is 840. The molecule has 0 aromatic heterocycles. The van der Waals surface area contributed by atoms with Crippen LogP contribution >= 0.6 is 0 Å². The molecule has 0 radical (unpaired) electrons. The van der Waals surface area contributed by atoms with Crippen LogP contribution in [0.1, 0.15) is 18.0 Å². The van der Waals surface area contributed by atoms with Crippen LogP contribution in [0.2, 0.25) is 0 Å². The van der Waals surface area contributed by atoms with E-state index < -0.39 is 31.9 Å². The van der Waals surface area contributed by atoms with Crippen LogP contribution in [0.25, 0.3) is 0 Å². The monoisotopic (exact) mass is 391 g/mol. The van der Waals surface area contributed by atoms with Crippen molar-refractivity contribution in [1.29, 1.82) is 0 Å². The zero-order valence-electron chi connectivity index (χ0n) is 12.4. The number of benzene rings is 2. The van der Waals surface area contributed by atoms with Gasteiger partial charge < -0.3 is 0 Å². The van der Waals surface area contributed by atoms with Crippen molar-refractivity contribution in [2.45, 2.75) is 12.5 Å². The van der Waals surface area contributed by atoms with Gasteiger partial charge in [-0.25, -0.2) is 0 Å². The van der Waals surface area contributed by atoms with Gasteiger partial charge in [0, 0.05) is 0 Å². The Morgan fingerprint density at radius 1 is 0.958 bits per heavy atom. The summed E-state index contributed by atoms with van der Waals surface area (Å²) in [5, 5.41) is 9.37. The molecule has 3 N–H and O–H groups in total. The maximum atomic E-state index is 12.2. The van der Waals surface area contributed by atoms with Crippen LogP contribution in [0, 0.1) is 0 Å². The van der Waals surface area contributed by atoms with Crippen molar-refractivity contribution in [3.8, 4) is 5.75 Å². The zero-order chi connectivity index (χ0) is 17.5. The summed E-state index contributed by atoms with van der Waals surface area (Å²) in [7, 11) is 0. The van der Waals surface area contributed by atoms with Crippen molar-refractivity contribution in [1.82, 2.24) is 0 Å². The summed E-state index contributed by atoms with van der Waals surface area (Å²) in [6, 6.07) is 11.0. The van der Waals surface area contributed by atoms with E-state index in [2.05, 4.69) is 0 Å². The van der Waals surface area contributed by atoms with E-state index in [0.717, 1.165) is 0 Å². The van der Waals surface area contributed by atoms with Crippen LogP contribution in [0.15, 0.2) is 48.5 Å². The Kier molecular flexibility index (Phi) is 4.09. The van der Waals surface area contributed by atoms with Gasteiger partial charge in [0.15, 0.2) is 0 Å². The molecule has 1 heterocycles. The van der Waals surface area contributed by atoms with Crippen molar-refractivity contribution in [3.05, 3.63) is 54.1 Å². The number of aromatic hydroxyl groups is 1. The predicted octanol–water partition coefficient (Wildman–Crippen LogP) is 0.000300. The molecular formula is C16H14AsNO6. The first-order valence-corrected chi connectivity index (χ1v) is 10.5. The van der Waals surface area contributed by atoms with Gasteiger partial charge in [0.25, 0.3) is 0 Å². The van der Waals surface area contributed by atoms with Crippen LogP contribution in [0.3, 0.4) is 0 Å². The molecular weight excluding hydrogens is 377 g/mol. The summed E-state index contributed by atoms with van der Waals surface area (Å²) in [6.45, 7) is 0. The second-order valence-corrected chi connectivity index (χ2v) is 8.84. The SMILES string of the molecule is O=C1CC(c2ccc(O)cc2)N(c2ccc([As](=O)(O)O)cc2)C1=O. The van der Waals surface area contributed by atoms with Crippen molar-refractivity contribution < 1.29 is 26.6 Å². The van der Waals surface area contributed by atoms with E-state index in [0.29, 0.717) is 11.3 Å². The van der Waals surface area contributed by atoms with Crippen molar-refractivity contribution in [3.63, 3.8) is 0 Å². The fourth-order valence-electron chi connectivity index (χ4n) is 2.70. The minimum atomic E-state index is -5.00. The number of carbonyl (C=O) groups is 2. The van der Waals surface area contributed by atoms with Gasteiger partial charge >= 0.3 is 140 Å². The number of ketones is 1. The Morgan fingerprint density at radius 2 is 1.54 bits per heavy atom. The number of nitrogens with zero attached hydrogens (tertiary/aromatic N) is 1. The molecule has 1 aliphatic heterocycles. The molecule has 0 aliphatic carbocycles. The molecule has 1 fully saturated rings. The number of anilines is 1. The Labute approximate surface area is 140 Å². The molecule has 1 aliphatic rings. The molecule has 1 unspecified atom stereocenters. The van der Waals surface area contributed by atoms with Gasteiger partial charge in [-0.2, -0.15) is 0 Å². The summed E-state index contributed by atoms with van der Waals surface area (Å²) in [4.78, 5) is 25.4. The third-order valence-corrected chi connectivity index (χ3v) is 5.93. The molecule has 2 aromatic carbocycles. The number of phenolic OH excluding ortho intramolecular Hbond substituents is 1. The van der Waals surface area contributed by atoms with E-state index in [1.54, 1.807) is 12.1 Å². The van der Waals surface area contributed by atoms with E-state index in [-0.39, 0.29) is 16.5 Å². The molecule has 24 heavy (non-hydrogen) atoms. The van der Waals surface area contributed by atoms with E-state index in [1.807, 2.05) is 0 Å². The number of hydrogen-bond donors (Lipinski definition) is 3. The van der Waals surface area contributed by atoms with Gasteiger partial charge in [0.05, 0.1) is 0 Å². The molecule has 0 bridgehead atoms. The number of phenols is 1. The normalized spacial score (nSPS) is 18.2. The second kappa shape index (κ2) is 5.94. The van der Waals surface area contributed by atoms with Gasteiger partial charge in [0.1, 0.15) is 0 Å². The second-order valence-electron chi connectivity index (χ2n) is 5.47. The third-order valence-electron chi connectivity index (χ3n) is 3.89. The third kappa shape index (κ3) is 3.01. The van der Waals surface area contributed by atoms with E-state index in [1.165, 1.54) is 41.3 Å². The standard InChI is InChI=1S/C16H14AsNO6/c19-13-7-1-10(2-8-13)14-9-15(20)16(21)18(14)12-5-3-11(4-6-12)17(22,23)24/h1-8,14,19H,9H2,(H2,22,23,24). The first-order chi connectivity index (χ1) is 11.3. The van der Waals surface area contributed by atoms with Gasteiger partial charge in [-0.15, -0.1) is 0 Å². The quantitative estimate of drug-likeness (QED) is 0.501. The summed E-state index contributed by atoms with van der Waals surface area (Å²) in [5.41, 5.74) is 1.08. The molecule has 1 atom stereocenters. The first kappa shape index (κ1) is 16.5. The number of rotatable bonds is 3. The van der Waals surface area contributed by atoms with Gasteiger partial charge in [-0.05, 0) is 0 Å². The Hall–Kier alpha value is -2.34. The van der Waals surface area contributed by atoms with Crippen molar-refractivity contribution in [2.24, 2.45) is 0 Å². The zero-order valence-corrected chi connectivity index (χ0v) is 14.2. The minimum absolute atomic E-state index is 0.00762. The number of hydrogen-bond acceptors (Lipinski definition) is 4. The molecule has 8 heteroatoms. The Balaban J connectivity index is 1.99. The van der Waals surface area contributed by atoms with E-state index in [4.69, 9.17) is 0 Å². The van der Waals surface area contributed by atoms with Crippen LogP contribution in [0.4, 0.5) is 5.69 Å². The molecule has 124 valence electrons. The summed E-state index contributed by atoms with van der Waals surface area (Å²) >= 11 is -5.00. The predicted molar refractivity (Wildman–Crippen MR) is 84.9 cm³/mol. The van der Waals surface area contributed by atoms with Crippen LogP contribution in [0.5, 0.6) is 5.75 Å². The first-order valence-electron chi connectivity index (χ1n) is 7.09. The van der Waals surface area contributed by atoms with Crippen LogP contribution in [-0.4, -0.2) is 39.2 Å². The molecule has 3 rings (SSSR count). The van der Waals surface area contributed by atoms with Crippen LogP contribution in [-0.2, 0) is 13.3 Å². The average molecular weight is 391 g/mol. The molecule has 2 aromatic rings. The maximum absolute atomic E-state index is 12.2. The van der Waals surface area contributed by atoms with Gasteiger partial charge in [-0.1, -0.05) is 0 Å². The van der Waals surface area contributed by atoms with E-state index >= 15 is 0 Å². The fraction of sp³-hybridized carbons (Fsp3) is 0.125. The summed E-state index contributed by atoms with van der Waals surface area (Å²) < 4.78 is 29.6.